The van der Waals surface area contributed by atoms with E-state index >= 15 is 0 Å². The number of carbonyl (C=O) groups is 1. The second kappa shape index (κ2) is 6.48. The minimum atomic E-state index is -0.334. The molecule has 3 rings (SSSR count). The summed E-state index contributed by atoms with van der Waals surface area (Å²) in [5.41, 5.74) is 2.28. The van der Waals surface area contributed by atoms with E-state index in [0.717, 1.165) is 18.7 Å². The van der Waals surface area contributed by atoms with Crippen LogP contribution in [0, 0.1) is 5.92 Å². The van der Waals surface area contributed by atoms with Gasteiger partial charge in [-0.15, -0.1) is 0 Å². The maximum absolute atomic E-state index is 11.8. The number of methoxy groups -OCH3 is 1. The van der Waals surface area contributed by atoms with Crippen molar-refractivity contribution < 1.29 is 9.53 Å². The van der Waals surface area contributed by atoms with Crippen molar-refractivity contribution in [3.63, 3.8) is 0 Å². The molecule has 5 nitrogen and oxygen atoms in total. The van der Waals surface area contributed by atoms with E-state index in [1.807, 2.05) is 22.9 Å². The number of hydrogen-bond donors (Lipinski definition) is 0. The fourth-order valence-corrected chi connectivity index (χ4v) is 3.23. The van der Waals surface area contributed by atoms with E-state index < -0.39 is 0 Å². The van der Waals surface area contributed by atoms with E-state index in [1.54, 1.807) is 6.07 Å². The number of esters is 1. The van der Waals surface area contributed by atoms with Crippen LogP contribution in [0.15, 0.2) is 24.5 Å². The molecule has 3 heterocycles. The minimum absolute atomic E-state index is 0.334. The third-order valence-electron chi connectivity index (χ3n) is 4.59. The normalized spacial score (nSPS) is 17.0. The molecule has 1 aliphatic heterocycles. The Bertz CT molecular complexity index is 657. The highest BCUT2D eigenvalue weighted by Crippen LogP contribution is 2.22. The molecule has 22 heavy (non-hydrogen) atoms. The molecule has 2 aromatic rings. The number of imidazole rings is 1. The molecule has 1 aliphatic rings. The van der Waals surface area contributed by atoms with Crippen LogP contribution in [0.2, 0.25) is 0 Å². The Kier molecular flexibility index (Phi) is 4.43. The van der Waals surface area contributed by atoms with E-state index in [2.05, 4.69) is 16.8 Å². The highest BCUT2D eigenvalue weighted by molar-refractivity contribution is 5.95. The van der Waals surface area contributed by atoms with Gasteiger partial charge in [0.2, 0.25) is 0 Å². The fourth-order valence-electron chi connectivity index (χ4n) is 3.23. The number of ether oxygens (including phenoxy) is 1. The summed E-state index contributed by atoms with van der Waals surface area (Å²) in [7, 11) is 1.40. The van der Waals surface area contributed by atoms with Gasteiger partial charge in [0.25, 0.3) is 0 Å². The average Bonchev–Trinajstić information content (AvgIpc) is 2.97. The monoisotopic (exact) mass is 301 g/mol. The van der Waals surface area contributed by atoms with E-state index in [9.17, 15) is 4.79 Å². The maximum atomic E-state index is 11.8. The van der Waals surface area contributed by atoms with Crippen molar-refractivity contribution >= 4 is 11.6 Å². The van der Waals surface area contributed by atoms with E-state index in [4.69, 9.17) is 4.74 Å². The molecule has 0 saturated carbocycles. The zero-order chi connectivity index (χ0) is 15.5. The summed E-state index contributed by atoms with van der Waals surface area (Å²) in [4.78, 5) is 19.0. The van der Waals surface area contributed by atoms with Crippen LogP contribution in [0.4, 0.5) is 0 Å². The summed E-state index contributed by atoms with van der Waals surface area (Å²) in [6.07, 6.45) is 7.41. The van der Waals surface area contributed by atoms with Gasteiger partial charge in [0.05, 0.1) is 12.8 Å². The first kappa shape index (κ1) is 15.0. The van der Waals surface area contributed by atoms with Crippen molar-refractivity contribution in [3.8, 4) is 0 Å². The Morgan fingerprint density at radius 2 is 2.18 bits per heavy atom. The number of pyridine rings is 1. The number of likely N-dealkylation sites (tertiary alicyclic amines) is 1. The molecule has 1 saturated heterocycles. The lowest BCUT2D eigenvalue weighted by Crippen LogP contribution is -2.34. The van der Waals surface area contributed by atoms with Crippen LogP contribution in [0.5, 0.6) is 0 Å². The third-order valence-corrected chi connectivity index (χ3v) is 4.59. The molecule has 0 unspecified atom stereocenters. The van der Waals surface area contributed by atoms with Crippen molar-refractivity contribution in [2.75, 3.05) is 26.7 Å². The summed E-state index contributed by atoms with van der Waals surface area (Å²) in [5, 5.41) is 0. The number of hydrogen-bond acceptors (Lipinski definition) is 4. The van der Waals surface area contributed by atoms with Gasteiger partial charge in [-0.25, -0.2) is 9.78 Å². The number of carbonyl (C=O) groups excluding carboxylic acids is 1. The zero-order valence-electron chi connectivity index (χ0n) is 13.3. The fraction of sp³-hybridized carbons (Fsp3) is 0.529. The first-order valence-corrected chi connectivity index (χ1v) is 7.98. The molecule has 0 aliphatic carbocycles. The lowest BCUT2D eigenvalue weighted by atomic mass is 9.92. The van der Waals surface area contributed by atoms with Gasteiger partial charge in [-0.1, -0.05) is 6.92 Å². The lowest BCUT2D eigenvalue weighted by molar-refractivity contribution is 0.0602. The molecule has 0 aromatic carbocycles. The SMILES string of the molecule is CCN1CCC(Cc2cn3cccc(C(=O)OC)c3n2)CC1. The zero-order valence-corrected chi connectivity index (χ0v) is 13.3. The summed E-state index contributed by atoms with van der Waals surface area (Å²) in [6.45, 7) is 5.73. The molecule has 0 radical (unpaired) electrons. The molecule has 118 valence electrons. The summed E-state index contributed by atoms with van der Waals surface area (Å²) < 4.78 is 6.75. The van der Waals surface area contributed by atoms with Crippen LogP contribution in [0.3, 0.4) is 0 Å². The maximum Gasteiger partial charge on any atom is 0.341 e. The molecule has 1 fully saturated rings. The third kappa shape index (κ3) is 2.99. The molecule has 0 amide bonds. The van der Waals surface area contributed by atoms with E-state index in [-0.39, 0.29) is 5.97 Å². The van der Waals surface area contributed by atoms with Crippen molar-refractivity contribution in [2.45, 2.75) is 26.2 Å². The van der Waals surface area contributed by atoms with Crippen LogP contribution >= 0.6 is 0 Å². The molecular weight excluding hydrogens is 278 g/mol. The highest BCUT2D eigenvalue weighted by atomic mass is 16.5. The first-order chi connectivity index (χ1) is 10.7. The average molecular weight is 301 g/mol. The van der Waals surface area contributed by atoms with E-state index in [1.165, 1.54) is 33.0 Å². The standard InChI is InChI=1S/C17H23N3O2/c1-3-19-9-6-13(7-10-19)11-14-12-20-8-4-5-15(16(20)18-14)17(21)22-2/h4-5,8,12-13H,3,6-7,9-11H2,1-2H3. The van der Waals surface area contributed by atoms with Gasteiger partial charge in [0.15, 0.2) is 5.65 Å². The molecule has 0 spiro atoms. The molecule has 0 atom stereocenters. The van der Waals surface area contributed by atoms with Crippen molar-refractivity contribution in [3.05, 3.63) is 35.8 Å². The van der Waals surface area contributed by atoms with Crippen LogP contribution < -0.4 is 0 Å². The summed E-state index contributed by atoms with van der Waals surface area (Å²) in [6, 6.07) is 3.61. The van der Waals surface area contributed by atoms with Gasteiger partial charge in [0, 0.05) is 12.4 Å². The summed E-state index contributed by atoms with van der Waals surface area (Å²) in [5.74, 6) is 0.355. The number of piperidine rings is 1. The molecule has 0 N–H and O–H groups in total. The van der Waals surface area contributed by atoms with Gasteiger partial charge >= 0.3 is 5.97 Å². The summed E-state index contributed by atoms with van der Waals surface area (Å²) >= 11 is 0. The van der Waals surface area contributed by atoms with Crippen LogP contribution in [0.25, 0.3) is 5.65 Å². The quantitative estimate of drug-likeness (QED) is 0.814. The van der Waals surface area contributed by atoms with Crippen LogP contribution in [0.1, 0.15) is 35.8 Å². The Morgan fingerprint density at radius 3 is 2.86 bits per heavy atom. The smallest absolute Gasteiger partial charge is 0.341 e. The predicted octanol–water partition coefficient (Wildman–Crippen LogP) is 2.40. The Hall–Kier alpha value is -1.88. The largest absolute Gasteiger partial charge is 0.465 e. The predicted molar refractivity (Wildman–Crippen MR) is 85.1 cm³/mol. The second-order valence-electron chi connectivity index (χ2n) is 5.96. The molecular formula is C17H23N3O2. The van der Waals surface area contributed by atoms with Crippen molar-refractivity contribution in [1.82, 2.24) is 14.3 Å². The molecule has 0 bridgehead atoms. The van der Waals surface area contributed by atoms with Crippen molar-refractivity contribution in [2.24, 2.45) is 5.92 Å². The van der Waals surface area contributed by atoms with Gasteiger partial charge in [0.1, 0.15) is 5.56 Å². The number of rotatable bonds is 4. The van der Waals surface area contributed by atoms with Crippen molar-refractivity contribution in [1.29, 1.82) is 0 Å². The van der Waals surface area contributed by atoms with Gasteiger partial charge in [-0.3, -0.25) is 0 Å². The Labute approximate surface area is 130 Å². The van der Waals surface area contributed by atoms with Crippen LogP contribution in [-0.4, -0.2) is 47.0 Å². The number of aromatic nitrogens is 2. The first-order valence-electron chi connectivity index (χ1n) is 7.98. The number of nitrogens with zero attached hydrogens (tertiary/aromatic N) is 3. The topological polar surface area (TPSA) is 46.8 Å². The number of fused-ring (bicyclic) bond motifs is 1. The van der Waals surface area contributed by atoms with Gasteiger partial charge < -0.3 is 14.0 Å². The van der Waals surface area contributed by atoms with Gasteiger partial charge in [-0.05, 0) is 56.9 Å². The Balaban J connectivity index is 1.77. The lowest BCUT2D eigenvalue weighted by Gasteiger charge is -2.30. The minimum Gasteiger partial charge on any atom is -0.465 e. The second-order valence-corrected chi connectivity index (χ2v) is 5.96. The highest BCUT2D eigenvalue weighted by Gasteiger charge is 2.20. The van der Waals surface area contributed by atoms with Crippen LogP contribution in [-0.2, 0) is 11.2 Å². The van der Waals surface area contributed by atoms with Gasteiger partial charge in [-0.2, -0.15) is 0 Å². The van der Waals surface area contributed by atoms with E-state index in [0.29, 0.717) is 17.1 Å². The molecule has 2 aromatic heterocycles. The molecule has 5 heteroatoms. The Morgan fingerprint density at radius 1 is 1.41 bits per heavy atom.